The molecule has 0 saturated carbocycles. The highest BCUT2D eigenvalue weighted by Gasteiger charge is 2.25. The van der Waals surface area contributed by atoms with Crippen molar-refractivity contribution in [2.24, 2.45) is 5.92 Å². The van der Waals surface area contributed by atoms with Crippen LogP contribution in [0.1, 0.15) is 44.0 Å². The molecule has 1 saturated heterocycles. The van der Waals surface area contributed by atoms with E-state index in [4.69, 9.17) is 4.74 Å². The molecule has 0 atom stereocenters. The maximum absolute atomic E-state index is 12.6. The Hall–Kier alpha value is -1.93. The standard InChI is InChI=1S/C19H28N2O5S/c1-14(2)20(4)27(24,25)17-7-5-6-16(12-17)19(23)26-13-18(22)21-10-8-15(3)9-11-21/h5-7,12,14-15H,8-11,13H2,1-4H3. The molecule has 0 aliphatic carbocycles. The lowest BCUT2D eigenvalue weighted by atomic mass is 9.99. The Morgan fingerprint density at radius 2 is 1.89 bits per heavy atom. The summed E-state index contributed by atoms with van der Waals surface area (Å²) in [5, 5.41) is 0. The molecule has 1 aliphatic rings. The molecule has 0 N–H and O–H groups in total. The van der Waals surface area contributed by atoms with Crippen molar-refractivity contribution in [3.8, 4) is 0 Å². The van der Waals surface area contributed by atoms with E-state index in [1.54, 1.807) is 18.7 Å². The number of likely N-dealkylation sites (tertiary alicyclic amines) is 1. The molecule has 1 fully saturated rings. The van der Waals surface area contributed by atoms with Crippen molar-refractivity contribution in [2.45, 2.75) is 44.6 Å². The van der Waals surface area contributed by atoms with Gasteiger partial charge in [0.25, 0.3) is 5.91 Å². The van der Waals surface area contributed by atoms with E-state index < -0.39 is 16.0 Å². The quantitative estimate of drug-likeness (QED) is 0.688. The molecule has 27 heavy (non-hydrogen) atoms. The summed E-state index contributed by atoms with van der Waals surface area (Å²) in [6.07, 6.45) is 1.89. The van der Waals surface area contributed by atoms with Crippen molar-refractivity contribution in [1.82, 2.24) is 9.21 Å². The van der Waals surface area contributed by atoms with E-state index in [1.807, 2.05) is 0 Å². The van der Waals surface area contributed by atoms with Gasteiger partial charge in [0.2, 0.25) is 10.0 Å². The van der Waals surface area contributed by atoms with E-state index in [9.17, 15) is 18.0 Å². The minimum absolute atomic E-state index is 0.0181. The first-order chi connectivity index (χ1) is 12.6. The van der Waals surface area contributed by atoms with Gasteiger partial charge >= 0.3 is 5.97 Å². The van der Waals surface area contributed by atoms with Gasteiger partial charge in [0.15, 0.2) is 6.61 Å². The molecule has 0 aromatic heterocycles. The lowest BCUT2D eigenvalue weighted by Gasteiger charge is -2.30. The molecule has 2 rings (SSSR count). The van der Waals surface area contributed by atoms with Gasteiger partial charge in [-0.15, -0.1) is 0 Å². The lowest BCUT2D eigenvalue weighted by Crippen LogP contribution is -2.40. The Bertz CT molecular complexity index is 783. The van der Waals surface area contributed by atoms with Crippen molar-refractivity contribution in [3.63, 3.8) is 0 Å². The number of amides is 1. The second kappa shape index (κ2) is 8.84. The van der Waals surface area contributed by atoms with E-state index in [0.717, 1.165) is 12.8 Å². The fourth-order valence-electron chi connectivity index (χ4n) is 2.79. The number of ether oxygens (including phenoxy) is 1. The molecule has 1 aliphatic heterocycles. The summed E-state index contributed by atoms with van der Waals surface area (Å²) in [7, 11) is -2.21. The smallest absolute Gasteiger partial charge is 0.338 e. The normalized spacial score (nSPS) is 16.0. The van der Waals surface area contributed by atoms with Gasteiger partial charge in [0.05, 0.1) is 10.5 Å². The molecule has 0 spiro atoms. The van der Waals surface area contributed by atoms with Crippen molar-refractivity contribution in [1.29, 1.82) is 0 Å². The van der Waals surface area contributed by atoms with Crippen LogP contribution in [0.4, 0.5) is 0 Å². The van der Waals surface area contributed by atoms with Gasteiger partial charge in [0.1, 0.15) is 0 Å². The Labute approximate surface area is 161 Å². The number of sulfonamides is 1. The number of nitrogens with zero attached hydrogens (tertiary/aromatic N) is 2. The zero-order valence-corrected chi connectivity index (χ0v) is 17.2. The Morgan fingerprint density at radius 1 is 1.26 bits per heavy atom. The van der Waals surface area contributed by atoms with E-state index >= 15 is 0 Å². The molecule has 0 bridgehead atoms. The summed E-state index contributed by atoms with van der Waals surface area (Å²) in [4.78, 5) is 26.2. The van der Waals surface area contributed by atoms with Crippen LogP contribution in [0.5, 0.6) is 0 Å². The molecule has 1 amide bonds. The van der Waals surface area contributed by atoms with E-state index in [2.05, 4.69) is 6.92 Å². The minimum atomic E-state index is -3.70. The van der Waals surface area contributed by atoms with Crippen LogP contribution in [0.3, 0.4) is 0 Å². The van der Waals surface area contributed by atoms with Crippen LogP contribution in [0, 0.1) is 5.92 Å². The molecule has 150 valence electrons. The van der Waals surface area contributed by atoms with Crippen LogP contribution in [-0.4, -0.2) is 62.3 Å². The predicted octanol–water partition coefficient (Wildman–Crippen LogP) is 2.13. The van der Waals surface area contributed by atoms with Crippen LogP contribution < -0.4 is 0 Å². The number of carbonyl (C=O) groups is 2. The van der Waals surface area contributed by atoms with Crippen molar-refractivity contribution in [3.05, 3.63) is 29.8 Å². The van der Waals surface area contributed by atoms with E-state index in [-0.39, 0.29) is 29.0 Å². The average molecular weight is 397 g/mol. The molecule has 7 nitrogen and oxygen atoms in total. The van der Waals surface area contributed by atoms with Crippen molar-refractivity contribution < 1.29 is 22.7 Å². The minimum Gasteiger partial charge on any atom is -0.452 e. The topological polar surface area (TPSA) is 84.0 Å². The highest BCUT2D eigenvalue weighted by atomic mass is 32.2. The average Bonchev–Trinajstić information content (AvgIpc) is 2.65. The highest BCUT2D eigenvalue weighted by Crippen LogP contribution is 2.19. The Morgan fingerprint density at radius 3 is 2.48 bits per heavy atom. The lowest BCUT2D eigenvalue weighted by molar-refractivity contribution is -0.135. The number of rotatable bonds is 6. The summed E-state index contributed by atoms with van der Waals surface area (Å²) < 4.78 is 31.5. The summed E-state index contributed by atoms with van der Waals surface area (Å²) in [5.41, 5.74) is 0.105. The molecule has 1 heterocycles. The summed E-state index contributed by atoms with van der Waals surface area (Å²) in [6.45, 7) is 6.69. The van der Waals surface area contributed by atoms with Gasteiger partial charge in [-0.2, -0.15) is 4.31 Å². The van der Waals surface area contributed by atoms with E-state index in [0.29, 0.717) is 19.0 Å². The first kappa shape index (κ1) is 21.4. The van der Waals surface area contributed by atoms with Crippen LogP contribution in [-0.2, 0) is 19.6 Å². The SMILES string of the molecule is CC1CCN(C(=O)COC(=O)c2cccc(S(=O)(=O)N(C)C(C)C)c2)CC1. The molecular weight excluding hydrogens is 368 g/mol. The van der Waals surface area contributed by atoms with Crippen LogP contribution in [0.15, 0.2) is 29.2 Å². The van der Waals surface area contributed by atoms with E-state index in [1.165, 1.54) is 35.6 Å². The zero-order valence-electron chi connectivity index (χ0n) is 16.3. The van der Waals surface area contributed by atoms with Gasteiger partial charge < -0.3 is 9.64 Å². The fraction of sp³-hybridized carbons (Fsp3) is 0.579. The fourth-order valence-corrected chi connectivity index (χ4v) is 4.20. The zero-order chi connectivity index (χ0) is 20.2. The van der Waals surface area contributed by atoms with Gasteiger partial charge in [-0.1, -0.05) is 13.0 Å². The second-order valence-electron chi connectivity index (χ2n) is 7.28. The van der Waals surface area contributed by atoms with Gasteiger partial charge in [-0.05, 0) is 50.8 Å². The Kier molecular flexibility index (Phi) is 7.00. The Balaban J connectivity index is 2.02. The van der Waals surface area contributed by atoms with Crippen LogP contribution >= 0.6 is 0 Å². The summed E-state index contributed by atoms with van der Waals surface area (Å²) in [5.74, 6) is -0.332. The second-order valence-corrected chi connectivity index (χ2v) is 9.28. The number of benzene rings is 1. The number of carbonyl (C=O) groups excluding carboxylic acids is 2. The summed E-state index contributed by atoms with van der Waals surface area (Å²) in [6, 6.07) is 5.47. The number of hydrogen-bond donors (Lipinski definition) is 0. The molecular formula is C19H28N2O5S. The van der Waals surface area contributed by atoms with Gasteiger partial charge in [-0.25, -0.2) is 13.2 Å². The number of esters is 1. The predicted molar refractivity (Wildman–Crippen MR) is 102 cm³/mol. The molecule has 1 aromatic carbocycles. The first-order valence-corrected chi connectivity index (χ1v) is 10.6. The molecule has 0 unspecified atom stereocenters. The largest absolute Gasteiger partial charge is 0.452 e. The van der Waals surface area contributed by atoms with Gasteiger partial charge in [0, 0.05) is 26.2 Å². The third-order valence-corrected chi connectivity index (χ3v) is 6.97. The van der Waals surface area contributed by atoms with Crippen molar-refractivity contribution >= 4 is 21.9 Å². The number of piperidine rings is 1. The highest BCUT2D eigenvalue weighted by molar-refractivity contribution is 7.89. The molecule has 1 aromatic rings. The maximum atomic E-state index is 12.6. The first-order valence-electron chi connectivity index (χ1n) is 9.16. The monoisotopic (exact) mass is 396 g/mol. The third-order valence-electron chi connectivity index (χ3n) is 4.94. The van der Waals surface area contributed by atoms with Crippen LogP contribution in [0.25, 0.3) is 0 Å². The summed E-state index contributed by atoms with van der Waals surface area (Å²) >= 11 is 0. The number of hydrogen-bond acceptors (Lipinski definition) is 5. The maximum Gasteiger partial charge on any atom is 0.338 e. The molecule has 0 radical (unpaired) electrons. The molecule has 8 heteroatoms. The van der Waals surface area contributed by atoms with Crippen molar-refractivity contribution in [2.75, 3.05) is 26.7 Å². The third kappa shape index (κ3) is 5.29. The van der Waals surface area contributed by atoms with Gasteiger partial charge in [-0.3, -0.25) is 4.79 Å². The van der Waals surface area contributed by atoms with Crippen LogP contribution in [0.2, 0.25) is 0 Å².